The third-order valence-electron chi connectivity index (χ3n) is 4.00. The lowest BCUT2D eigenvalue weighted by atomic mass is 10.3. The monoisotopic (exact) mass is 497 g/mol. The molecule has 0 saturated heterocycles. The molecule has 7 nitrogen and oxygen atoms in total. The number of thiophene rings is 1. The van der Waals surface area contributed by atoms with Gasteiger partial charge in [-0.2, -0.15) is 0 Å². The Balaban J connectivity index is 1.62. The molecule has 0 atom stereocenters. The van der Waals surface area contributed by atoms with Crippen LogP contribution in [-0.2, 0) is 14.8 Å². The predicted octanol–water partition coefficient (Wildman–Crippen LogP) is 4.53. The molecule has 11 heteroatoms. The normalized spacial score (nSPS) is 11.1. The topological polar surface area (TPSA) is 104 Å². The fourth-order valence-electron chi connectivity index (χ4n) is 2.49. The maximum Gasteiger partial charge on any atom is 0.261 e. The predicted molar refractivity (Wildman–Crippen MR) is 124 cm³/mol. The molecular formula is C20H17Cl2N3O4S2. The van der Waals surface area contributed by atoms with Gasteiger partial charge in [0.05, 0.1) is 27.0 Å². The molecule has 31 heavy (non-hydrogen) atoms. The van der Waals surface area contributed by atoms with Gasteiger partial charge in [0.15, 0.2) is 0 Å². The summed E-state index contributed by atoms with van der Waals surface area (Å²) in [6.45, 7) is 1.62. The fourth-order valence-corrected chi connectivity index (χ4v) is 4.78. The highest BCUT2D eigenvalue weighted by Crippen LogP contribution is 2.26. The van der Waals surface area contributed by atoms with Crippen LogP contribution in [0.2, 0.25) is 10.0 Å². The first-order valence-electron chi connectivity index (χ1n) is 8.86. The molecule has 2 aromatic carbocycles. The van der Waals surface area contributed by atoms with Crippen LogP contribution in [0.25, 0.3) is 0 Å². The molecule has 0 unspecified atom stereocenters. The van der Waals surface area contributed by atoms with Crippen molar-refractivity contribution in [2.75, 3.05) is 16.6 Å². The van der Waals surface area contributed by atoms with E-state index >= 15 is 0 Å². The first kappa shape index (κ1) is 23.1. The van der Waals surface area contributed by atoms with E-state index < -0.39 is 15.9 Å². The van der Waals surface area contributed by atoms with Crippen LogP contribution in [0.5, 0.6) is 0 Å². The number of carbonyl (C=O) groups is 2. The minimum Gasteiger partial charge on any atom is -0.342 e. The molecule has 0 spiro atoms. The van der Waals surface area contributed by atoms with Crippen molar-refractivity contribution in [3.05, 3.63) is 74.4 Å². The second kappa shape index (κ2) is 9.69. The number of benzene rings is 2. The Morgan fingerprint density at radius 2 is 1.71 bits per heavy atom. The number of rotatable bonds is 7. The summed E-state index contributed by atoms with van der Waals surface area (Å²) >= 11 is 13.3. The molecule has 3 rings (SSSR count). The number of anilines is 2. The zero-order valence-corrected chi connectivity index (χ0v) is 19.3. The number of aryl methyl sites for hydroxylation is 1. The Bertz CT molecular complexity index is 1230. The van der Waals surface area contributed by atoms with Crippen LogP contribution in [0.15, 0.2) is 59.5 Å². The Morgan fingerprint density at radius 1 is 1.00 bits per heavy atom. The second-order valence-electron chi connectivity index (χ2n) is 6.40. The second-order valence-corrected chi connectivity index (χ2v) is 10.2. The molecule has 0 bridgehead atoms. The SMILES string of the molecule is Cc1ccc(C(=O)NCC(=O)Nc2ccc(S(=O)(=O)Nc3ccc(Cl)cc3)cc2Cl)s1. The van der Waals surface area contributed by atoms with E-state index in [1.54, 1.807) is 18.2 Å². The van der Waals surface area contributed by atoms with Crippen LogP contribution >= 0.6 is 34.5 Å². The number of hydrogen-bond donors (Lipinski definition) is 3. The maximum absolute atomic E-state index is 12.5. The maximum atomic E-state index is 12.5. The molecule has 0 radical (unpaired) electrons. The molecule has 0 aliphatic heterocycles. The van der Waals surface area contributed by atoms with Crippen LogP contribution in [-0.4, -0.2) is 26.8 Å². The molecular weight excluding hydrogens is 481 g/mol. The summed E-state index contributed by atoms with van der Waals surface area (Å²) in [7, 11) is -3.89. The summed E-state index contributed by atoms with van der Waals surface area (Å²) in [6, 6.07) is 13.6. The van der Waals surface area contributed by atoms with Gasteiger partial charge in [0.25, 0.3) is 15.9 Å². The standard InChI is InChI=1S/C20H17Cl2N3O4S2/c1-12-2-9-18(30-12)20(27)23-11-19(26)24-17-8-7-15(10-16(17)22)31(28,29)25-14-5-3-13(21)4-6-14/h2-10,25H,11H2,1H3,(H,23,27)(H,24,26). The number of nitrogens with one attached hydrogen (secondary N) is 3. The van der Waals surface area contributed by atoms with Crippen molar-refractivity contribution >= 4 is 67.8 Å². The molecule has 1 aromatic heterocycles. The van der Waals surface area contributed by atoms with Gasteiger partial charge < -0.3 is 10.6 Å². The summed E-state index contributed by atoms with van der Waals surface area (Å²) in [5.74, 6) is -0.854. The quantitative estimate of drug-likeness (QED) is 0.445. The Labute approximate surface area is 193 Å². The number of sulfonamides is 1. The molecule has 2 amide bonds. The van der Waals surface area contributed by atoms with Crippen molar-refractivity contribution in [3.63, 3.8) is 0 Å². The van der Waals surface area contributed by atoms with E-state index in [0.717, 1.165) is 4.88 Å². The van der Waals surface area contributed by atoms with Crippen LogP contribution in [0.4, 0.5) is 11.4 Å². The van der Waals surface area contributed by atoms with E-state index in [2.05, 4.69) is 15.4 Å². The molecule has 0 fully saturated rings. The van der Waals surface area contributed by atoms with Crippen molar-refractivity contribution in [2.24, 2.45) is 0 Å². The minimum atomic E-state index is -3.89. The third-order valence-corrected chi connectivity index (χ3v) is 6.94. The third kappa shape index (κ3) is 6.20. The zero-order valence-electron chi connectivity index (χ0n) is 16.1. The van der Waals surface area contributed by atoms with Crippen molar-refractivity contribution in [1.29, 1.82) is 0 Å². The lowest BCUT2D eigenvalue weighted by molar-refractivity contribution is -0.115. The van der Waals surface area contributed by atoms with E-state index in [-0.39, 0.29) is 28.1 Å². The van der Waals surface area contributed by atoms with Crippen molar-refractivity contribution < 1.29 is 18.0 Å². The smallest absolute Gasteiger partial charge is 0.261 e. The van der Waals surface area contributed by atoms with E-state index in [0.29, 0.717) is 15.6 Å². The highest BCUT2D eigenvalue weighted by atomic mass is 35.5. The average Bonchev–Trinajstić information content (AvgIpc) is 3.15. The van der Waals surface area contributed by atoms with Gasteiger partial charge in [-0.15, -0.1) is 11.3 Å². The van der Waals surface area contributed by atoms with Gasteiger partial charge in [0.2, 0.25) is 5.91 Å². The number of halogens is 2. The van der Waals surface area contributed by atoms with E-state index in [1.807, 2.05) is 13.0 Å². The van der Waals surface area contributed by atoms with Crippen molar-refractivity contribution in [2.45, 2.75) is 11.8 Å². The number of amides is 2. The van der Waals surface area contributed by atoms with Crippen molar-refractivity contribution in [3.8, 4) is 0 Å². The van der Waals surface area contributed by atoms with E-state index in [4.69, 9.17) is 23.2 Å². The lowest BCUT2D eigenvalue weighted by Crippen LogP contribution is -2.32. The summed E-state index contributed by atoms with van der Waals surface area (Å²) < 4.78 is 27.5. The van der Waals surface area contributed by atoms with Crippen LogP contribution in [0.3, 0.4) is 0 Å². The van der Waals surface area contributed by atoms with Gasteiger partial charge in [0, 0.05) is 15.6 Å². The Kier molecular flexibility index (Phi) is 7.22. The van der Waals surface area contributed by atoms with Gasteiger partial charge in [0.1, 0.15) is 0 Å². The van der Waals surface area contributed by atoms with Gasteiger partial charge in [-0.05, 0) is 61.5 Å². The first-order chi connectivity index (χ1) is 14.6. The van der Waals surface area contributed by atoms with Gasteiger partial charge in [-0.25, -0.2) is 8.42 Å². The van der Waals surface area contributed by atoms with Gasteiger partial charge >= 0.3 is 0 Å². The zero-order chi connectivity index (χ0) is 22.6. The van der Waals surface area contributed by atoms with Crippen LogP contribution < -0.4 is 15.4 Å². The summed E-state index contributed by atoms with van der Waals surface area (Å²) in [5, 5.41) is 5.58. The summed E-state index contributed by atoms with van der Waals surface area (Å²) in [6.07, 6.45) is 0. The largest absolute Gasteiger partial charge is 0.342 e. The van der Waals surface area contributed by atoms with Crippen LogP contribution in [0.1, 0.15) is 14.5 Å². The Hall–Kier alpha value is -2.59. The first-order valence-corrected chi connectivity index (χ1v) is 11.9. The molecule has 162 valence electrons. The van der Waals surface area contributed by atoms with E-state index in [9.17, 15) is 18.0 Å². The van der Waals surface area contributed by atoms with E-state index in [1.165, 1.54) is 41.7 Å². The molecule has 1 heterocycles. The molecule has 3 aromatic rings. The molecule has 0 aliphatic carbocycles. The van der Waals surface area contributed by atoms with Gasteiger partial charge in [-0.3, -0.25) is 14.3 Å². The lowest BCUT2D eigenvalue weighted by Gasteiger charge is -2.11. The van der Waals surface area contributed by atoms with Crippen LogP contribution in [0, 0.1) is 6.92 Å². The average molecular weight is 498 g/mol. The highest BCUT2D eigenvalue weighted by Gasteiger charge is 2.17. The summed E-state index contributed by atoms with van der Waals surface area (Å²) in [4.78, 5) is 25.6. The van der Waals surface area contributed by atoms with Gasteiger partial charge in [-0.1, -0.05) is 23.2 Å². The van der Waals surface area contributed by atoms with Crippen molar-refractivity contribution in [1.82, 2.24) is 5.32 Å². The number of carbonyl (C=O) groups excluding carboxylic acids is 2. The fraction of sp³-hybridized carbons (Fsp3) is 0.100. The molecule has 3 N–H and O–H groups in total. The number of hydrogen-bond acceptors (Lipinski definition) is 5. The summed E-state index contributed by atoms with van der Waals surface area (Å²) in [5.41, 5.74) is 0.563. The Morgan fingerprint density at radius 3 is 2.32 bits per heavy atom. The molecule has 0 aliphatic rings. The minimum absolute atomic E-state index is 0.0348. The molecule has 0 saturated carbocycles. The highest BCUT2D eigenvalue weighted by molar-refractivity contribution is 7.92.